The maximum atomic E-state index is 5.76. The highest BCUT2D eigenvalue weighted by molar-refractivity contribution is 9.10. The average Bonchev–Trinajstić information content (AvgIpc) is 2.40. The highest BCUT2D eigenvalue weighted by Crippen LogP contribution is 2.30. The molecule has 1 heterocycles. The van der Waals surface area contributed by atoms with Crippen molar-refractivity contribution in [2.24, 2.45) is 4.99 Å². The van der Waals surface area contributed by atoms with Crippen LogP contribution in [0.5, 0.6) is 5.88 Å². The quantitative estimate of drug-likeness (QED) is 0.444. The number of halogens is 1. The summed E-state index contributed by atoms with van der Waals surface area (Å²) in [7, 11) is 1.98. The van der Waals surface area contributed by atoms with Gasteiger partial charge in [-0.25, -0.2) is 9.98 Å². The summed E-state index contributed by atoms with van der Waals surface area (Å²) < 4.78 is 6.57. The summed E-state index contributed by atoms with van der Waals surface area (Å²) in [4.78, 5) is 10.9. The van der Waals surface area contributed by atoms with E-state index in [-0.39, 0.29) is 6.10 Å². The van der Waals surface area contributed by atoms with Gasteiger partial charge in [0.05, 0.1) is 22.2 Å². The number of allylic oxidation sites excluding steroid dienone is 1. The van der Waals surface area contributed by atoms with E-state index in [9.17, 15) is 0 Å². The zero-order valence-corrected chi connectivity index (χ0v) is 14.3. The highest BCUT2D eigenvalue weighted by atomic mass is 79.9. The number of ether oxygens (including phenoxy) is 1. The molecule has 1 rings (SSSR count). The molecular weight excluding hydrogens is 318 g/mol. The number of nitrogens with zero attached hydrogens (tertiary/aromatic N) is 3. The standard InChI is InChI=1S/C15H22BrN3O/c1-6-8-11(3)20-15-13(16)9-14(12(4)18-15)17-10-19(5)7-2/h6,8-11H,7H2,1-5H3/b8-6+,17-10?. The van der Waals surface area contributed by atoms with Crippen molar-refractivity contribution in [3.05, 3.63) is 28.4 Å². The van der Waals surface area contributed by atoms with Crippen molar-refractivity contribution >= 4 is 28.0 Å². The van der Waals surface area contributed by atoms with Crippen molar-refractivity contribution in [1.82, 2.24) is 9.88 Å². The molecule has 0 bridgehead atoms. The molecule has 0 radical (unpaired) electrons. The van der Waals surface area contributed by atoms with E-state index in [0.29, 0.717) is 5.88 Å². The molecular formula is C15H22BrN3O. The lowest BCUT2D eigenvalue weighted by molar-refractivity contribution is 0.256. The van der Waals surface area contributed by atoms with E-state index in [0.717, 1.165) is 22.4 Å². The molecule has 5 heteroatoms. The molecule has 0 fully saturated rings. The summed E-state index contributed by atoms with van der Waals surface area (Å²) >= 11 is 3.49. The van der Waals surface area contributed by atoms with E-state index in [1.165, 1.54) is 0 Å². The molecule has 0 saturated carbocycles. The van der Waals surface area contributed by atoms with Gasteiger partial charge >= 0.3 is 0 Å². The minimum absolute atomic E-state index is 0.0104. The van der Waals surface area contributed by atoms with Crippen molar-refractivity contribution in [1.29, 1.82) is 0 Å². The van der Waals surface area contributed by atoms with E-state index < -0.39 is 0 Å². The molecule has 20 heavy (non-hydrogen) atoms. The van der Waals surface area contributed by atoms with Crippen LogP contribution < -0.4 is 4.74 Å². The Balaban J connectivity index is 2.94. The number of hydrogen-bond donors (Lipinski definition) is 0. The van der Waals surface area contributed by atoms with Gasteiger partial charge in [0.2, 0.25) is 5.88 Å². The van der Waals surface area contributed by atoms with Crippen LogP contribution in [0.4, 0.5) is 5.69 Å². The highest BCUT2D eigenvalue weighted by Gasteiger charge is 2.10. The monoisotopic (exact) mass is 339 g/mol. The normalized spacial score (nSPS) is 13.1. The molecule has 0 aliphatic heterocycles. The third-order valence-electron chi connectivity index (χ3n) is 2.76. The Morgan fingerprint density at radius 3 is 2.85 bits per heavy atom. The predicted octanol–water partition coefficient (Wildman–Crippen LogP) is 4.11. The van der Waals surface area contributed by atoms with Gasteiger partial charge in [-0.3, -0.25) is 0 Å². The summed E-state index contributed by atoms with van der Waals surface area (Å²) in [5.74, 6) is 0.593. The molecule has 1 aromatic heterocycles. The SMILES string of the molecule is C/C=C/C(C)Oc1nc(C)c(N=CN(C)CC)cc1Br. The average molecular weight is 340 g/mol. The molecule has 0 amide bonds. The molecule has 0 aliphatic rings. The van der Waals surface area contributed by atoms with E-state index in [2.05, 4.69) is 32.8 Å². The third-order valence-corrected chi connectivity index (χ3v) is 3.33. The second-order valence-electron chi connectivity index (χ2n) is 4.55. The Hall–Kier alpha value is -1.36. The first-order valence-electron chi connectivity index (χ1n) is 6.69. The van der Waals surface area contributed by atoms with E-state index in [4.69, 9.17) is 4.74 Å². The molecule has 1 atom stereocenters. The summed E-state index contributed by atoms with van der Waals surface area (Å²) in [6.07, 6.45) is 5.74. The maximum absolute atomic E-state index is 5.76. The van der Waals surface area contributed by atoms with Gasteiger partial charge in [-0.2, -0.15) is 0 Å². The minimum Gasteiger partial charge on any atom is -0.470 e. The third kappa shape index (κ3) is 4.96. The fourth-order valence-corrected chi connectivity index (χ4v) is 1.89. The van der Waals surface area contributed by atoms with Crippen LogP contribution in [-0.4, -0.2) is 35.9 Å². The zero-order valence-electron chi connectivity index (χ0n) is 12.7. The van der Waals surface area contributed by atoms with E-state index >= 15 is 0 Å². The number of aryl methyl sites for hydroxylation is 1. The maximum Gasteiger partial charge on any atom is 0.228 e. The summed E-state index contributed by atoms with van der Waals surface area (Å²) in [6.45, 7) is 8.87. The number of aliphatic imine (C=N–C) groups is 1. The van der Waals surface area contributed by atoms with Crippen LogP contribution in [0.15, 0.2) is 27.7 Å². The van der Waals surface area contributed by atoms with Crippen LogP contribution in [0.1, 0.15) is 26.5 Å². The van der Waals surface area contributed by atoms with Crippen molar-refractivity contribution in [2.45, 2.75) is 33.8 Å². The Labute approximate surface area is 129 Å². The molecule has 1 unspecified atom stereocenters. The van der Waals surface area contributed by atoms with Crippen LogP contribution in [0.3, 0.4) is 0 Å². The number of hydrogen-bond acceptors (Lipinski definition) is 3. The van der Waals surface area contributed by atoms with Gasteiger partial charge in [0.15, 0.2) is 0 Å². The Morgan fingerprint density at radius 1 is 1.55 bits per heavy atom. The first kappa shape index (κ1) is 16.7. The molecule has 110 valence electrons. The topological polar surface area (TPSA) is 37.7 Å². The van der Waals surface area contributed by atoms with Gasteiger partial charge < -0.3 is 9.64 Å². The van der Waals surface area contributed by atoms with Gasteiger partial charge in [0.1, 0.15) is 6.10 Å². The smallest absolute Gasteiger partial charge is 0.228 e. The summed E-state index contributed by atoms with van der Waals surface area (Å²) in [5.41, 5.74) is 1.68. The number of aromatic nitrogens is 1. The van der Waals surface area contributed by atoms with E-state index in [1.807, 2.05) is 50.9 Å². The van der Waals surface area contributed by atoms with Crippen molar-refractivity contribution < 1.29 is 4.74 Å². The summed E-state index contributed by atoms with van der Waals surface area (Å²) in [5, 5.41) is 0. The Kier molecular flexibility index (Phi) is 6.71. The summed E-state index contributed by atoms with van der Waals surface area (Å²) in [6, 6.07) is 1.93. The molecule has 0 saturated heterocycles. The van der Waals surface area contributed by atoms with Crippen molar-refractivity contribution in [2.75, 3.05) is 13.6 Å². The van der Waals surface area contributed by atoms with E-state index in [1.54, 1.807) is 6.34 Å². The Morgan fingerprint density at radius 2 is 2.25 bits per heavy atom. The van der Waals surface area contributed by atoms with Crippen LogP contribution in [0.2, 0.25) is 0 Å². The molecule has 0 N–H and O–H groups in total. The van der Waals surface area contributed by atoms with Crippen LogP contribution >= 0.6 is 15.9 Å². The Bertz CT molecular complexity index is 500. The largest absolute Gasteiger partial charge is 0.470 e. The molecule has 4 nitrogen and oxygen atoms in total. The minimum atomic E-state index is -0.0104. The van der Waals surface area contributed by atoms with Crippen molar-refractivity contribution in [3.63, 3.8) is 0 Å². The van der Waals surface area contributed by atoms with Crippen LogP contribution in [0.25, 0.3) is 0 Å². The molecule has 0 spiro atoms. The number of rotatable bonds is 6. The lowest BCUT2D eigenvalue weighted by atomic mass is 10.3. The molecule has 0 aromatic carbocycles. The fraction of sp³-hybridized carbons (Fsp3) is 0.467. The lowest BCUT2D eigenvalue weighted by Gasteiger charge is -2.13. The van der Waals surface area contributed by atoms with Gasteiger partial charge in [-0.05, 0) is 55.8 Å². The molecule has 0 aliphatic carbocycles. The second-order valence-corrected chi connectivity index (χ2v) is 5.40. The second kappa shape index (κ2) is 8.04. The molecule has 1 aromatic rings. The van der Waals surface area contributed by atoms with Crippen LogP contribution in [0, 0.1) is 6.92 Å². The predicted molar refractivity (Wildman–Crippen MR) is 88.0 cm³/mol. The first-order chi connectivity index (χ1) is 9.47. The lowest BCUT2D eigenvalue weighted by Crippen LogP contribution is -2.14. The number of pyridine rings is 1. The van der Waals surface area contributed by atoms with Crippen molar-refractivity contribution in [3.8, 4) is 5.88 Å². The van der Waals surface area contributed by atoms with Crippen LogP contribution in [-0.2, 0) is 0 Å². The fourth-order valence-electron chi connectivity index (χ4n) is 1.49. The van der Waals surface area contributed by atoms with Gasteiger partial charge in [0.25, 0.3) is 0 Å². The first-order valence-corrected chi connectivity index (χ1v) is 7.48. The van der Waals surface area contributed by atoms with Gasteiger partial charge in [0, 0.05) is 13.6 Å². The zero-order chi connectivity index (χ0) is 15.1. The van der Waals surface area contributed by atoms with Gasteiger partial charge in [-0.1, -0.05) is 6.08 Å². The van der Waals surface area contributed by atoms with Gasteiger partial charge in [-0.15, -0.1) is 0 Å².